The molecule has 0 aromatic heterocycles. The highest BCUT2D eigenvalue weighted by molar-refractivity contribution is 14.0. The molecule has 28 heavy (non-hydrogen) atoms. The Labute approximate surface area is 188 Å². The van der Waals surface area contributed by atoms with Crippen molar-refractivity contribution < 1.29 is 4.79 Å². The summed E-state index contributed by atoms with van der Waals surface area (Å²) in [6.45, 7) is 1.40. The van der Waals surface area contributed by atoms with Crippen molar-refractivity contribution >= 4 is 47.4 Å². The van der Waals surface area contributed by atoms with Gasteiger partial charge in [0.05, 0.1) is 0 Å². The average Bonchev–Trinajstić information content (AvgIpc) is 3.49. The Morgan fingerprint density at radius 3 is 2.54 bits per heavy atom. The van der Waals surface area contributed by atoms with E-state index in [1.54, 1.807) is 20.2 Å². The van der Waals surface area contributed by atoms with Gasteiger partial charge < -0.3 is 16.0 Å². The summed E-state index contributed by atoms with van der Waals surface area (Å²) in [6.07, 6.45) is 2.29. The number of nitrogens with one attached hydrogen (secondary N) is 3. The van der Waals surface area contributed by atoms with Gasteiger partial charge in [-0.1, -0.05) is 35.9 Å². The Hall–Kier alpha value is -1.80. The molecule has 0 aliphatic heterocycles. The zero-order valence-electron chi connectivity index (χ0n) is 16.1. The van der Waals surface area contributed by atoms with E-state index < -0.39 is 0 Å². The number of guanidine groups is 1. The molecule has 3 rings (SSSR count). The lowest BCUT2D eigenvalue weighted by Crippen LogP contribution is -2.40. The Bertz CT molecular complexity index is 852. The summed E-state index contributed by atoms with van der Waals surface area (Å²) in [5.74, 6) is 0.658. The number of amides is 1. The fourth-order valence-corrected chi connectivity index (χ4v) is 3.35. The van der Waals surface area contributed by atoms with Crippen molar-refractivity contribution in [2.24, 2.45) is 4.99 Å². The van der Waals surface area contributed by atoms with Crippen LogP contribution in [0.15, 0.2) is 53.5 Å². The van der Waals surface area contributed by atoms with Crippen LogP contribution in [0.5, 0.6) is 0 Å². The summed E-state index contributed by atoms with van der Waals surface area (Å²) in [4.78, 5) is 16.1. The summed E-state index contributed by atoms with van der Waals surface area (Å²) in [5, 5.41) is 10.2. The van der Waals surface area contributed by atoms with E-state index in [2.05, 4.69) is 33.1 Å². The van der Waals surface area contributed by atoms with Gasteiger partial charge in [0.25, 0.3) is 5.91 Å². The molecular weight excluding hydrogens is 487 g/mol. The van der Waals surface area contributed by atoms with Crippen LogP contribution in [0.4, 0.5) is 0 Å². The van der Waals surface area contributed by atoms with Crippen molar-refractivity contribution in [2.75, 3.05) is 20.6 Å². The lowest BCUT2D eigenvalue weighted by Gasteiger charge is -2.19. The minimum absolute atomic E-state index is 0. The van der Waals surface area contributed by atoms with Gasteiger partial charge >= 0.3 is 0 Å². The molecule has 0 unspecified atom stereocenters. The third-order valence-electron chi connectivity index (χ3n) is 4.98. The van der Waals surface area contributed by atoms with Crippen molar-refractivity contribution in [3.05, 3.63) is 70.2 Å². The molecule has 0 atom stereocenters. The van der Waals surface area contributed by atoms with Gasteiger partial charge in [0.1, 0.15) is 0 Å². The average molecular weight is 513 g/mol. The molecule has 150 valence electrons. The molecule has 1 saturated carbocycles. The molecule has 1 aliphatic carbocycles. The first kappa shape index (κ1) is 22.5. The Kier molecular flexibility index (Phi) is 8.12. The number of aliphatic imine (C=N–C) groups is 1. The van der Waals surface area contributed by atoms with Crippen LogP contribution in [0, 0.1) is 0 Å². The van der Waals surface area contributed by atoms with E-state index in [-0.39, 0.29) is 35.3 Å². The van der Waals surface area contributed by atoms with Crippen LogP contribution in [0.2, 0.25) is 5.02 Å². The summed E-state index contributed by atoms with van der Waals surface area (Å²) in [6, 6.07) is 15.7. The fourth-order valence-electron chi connectivity index (χ4n) is 3.16. The molecule has 3 N–H and O–H groups in total. The van der Waals surface area contributed by atoms with E-state index >= 15 is 0 Å². The molecule has 2 aromatic rings. The predicted octanol–water partition coefficient (Wildman–Crippen LogP) is 3.71. The lowest BCUT2D eigenvalue weighted by atomic mass is 9.96. The van der Waals surface area contributed by atoms with E-state index in [4.69, 9.17) is 11.6 Å². The predicted molar refractivity (Wildman–Crippen MR) is 126 cm³/mol. The molecule has 1 aliphatic rings. The standard InChI is InChI=1S/C21H25ClN4O.HI/c1-23-19(27)16-6-3-5-15(11-16)13-25-20(24-2)26-14-21(9-10-21)17-7-4-8-18(22)12-17;/h3-8,11-12H,9-10,13-14H2,1-2H3,(H,23,27)(H2,24,25,26);1H. The van der Waals surface area contributed by atoms with Crippen molar-refractivity contribution in [1.29, 1.82) is 0 Å². The number of carbonyl (C=O) groups excluding carboxylic acids is 1. The normalized spacial score (nSPS) is 14.6. The maximum atomic E-state index is 11.8. The van der Waals surface area contributed by atoms with E-state index in [1.807, 2.05) is 30.3 Å². The van der Waals surface area contributed by atoms with Crippen molar-refractivity contribution in [1.82, 2.24) is 16.0 Å². The molecule has 0 saturated heterocycles. The maximum absolute atomic E-state index is 11.8. The van der Waals surface area contributed by atoms with E-state index in [0.717, 1.165) is 35.9 Å². The van der Waals surface area contributed by atoms with Gasteiger partial charge in [-0.15, -0.1) is 24.0 Å². The van der Waals surface area contributed by atoms with Crippen molar-refractivity contribution in [2.45, 2.75) is 24.8 Å². The van der Waals surface area contributed by atoms with Gasteiger partial charge in [0, 0.05) is 43.2 Å². The molecular formula is C21H26ClIN4O. The zero-order valence-corrected chi connectivity index (χ0v) is 19.2. The van der Waals surface area contributed by atoms with Gasteiger partial charge in [0.15, 0.2) is 5.96 Å². The monoisotopic (exact) mass is 512 g/mol. The van der Waals surface area contributed by atoms with E-state index in [1.165, 1.54) is 5.56 Å². The molecule has 0 spiro atoms. The molecule has 0 heterocycles. The minimum Gasteiger partial charge on any atom is -0.356 e. The first-order chi connectivity index (χ1) is 13.1. The summed E-state index contributed by atoms with van der Waals surface area (Å²) >= 11 is 6.15. The SMILES string of the molecule is CN=C(NCc1cccc(C(=O)NC)c1)NCC1(c2cccc(Cl)c2)CC1.I. The number of carbonyl (C=O) groups is 1. The fraction of sp³-hybridized carbons (Fsp3) is 0.333. The molecule has 1 fully saturated rings. The summed E-state index contributed by atoms with van der Waals surface area (Å²) in [7, 11) is 3.39. The Balaban J connectivity index is 0.00000280. The number of hydrogen-bond donors (Lipinski definition) is 3. The topological polar surface area (TPSA) is 65.5 Å². The summed E-state index contributed by atoms with van der Waals surface area (Å²) in [5.41, 5.74) is 3.09. The zero-order chi connectivity index (χ0) is 19.3. The minimum atomic E-state index is -0.0865. The molecule has 2 aromatic carbocycles. The Morgan fingerprint density at radius 2 is 1.89 bits per heavy atom. The third kappa shape index (κ3) is 5.61. The third-order valence-corrected chi connectivity index (χ3v) is 5.22. The van der Waals surface area contributed by atoms with Crippen LogP contribution in [0.1, 0.15) is 34.3 Å². The van der Waals surface area contributed by atoms with Crippen LogP contribution in [-0.4, -0.2) is 32.5 Å². The molecule has 7 heteroatoms. The van der Waals surface area contributed by atoms with Gasteiger partial charge in [-0.05, 0) is 48.2 Å². The first-order valence-electron chi connectivity index (χ1n) is 9.08. The van der Waals surface area contributed by atoms with Gasteiger partial charge in [-0.25, -0.2) is 0 Å². The highest BCUT2D eigenvalue weighted by atomic mass is 127. The number of rotatable bonds is 6. The van der Waals surface area contributed by atoms with Crippen LogP contribution < -0.4 is 16.0 Å². The van der Waals surface area contributed by atoms with E-state index in [9.17, 15) is 4.79 Å². The molecule has 1 amide bonds. The molecule has 0 bridgehead atoms. The number of nitrogens with zero attached hydrogens (tertiary/aromatic N) is 1. The molecule has 5 nitrogen and oxygen atoms in total. The van der Waals surface area contributed by atoms with Crippen LogP contribution in [-0.2, 0) is 12.0 Å². The van der Waals surface area contributed by atoms with Gasteiger partial charge in [0.2, 0.25) is 0 Å². The second kappa shape index (κ2) is 10.1. The van der Waals surface area contributed by atoms with Crippen LogP contribution in [0.25, 0.3) is 0 Å². The number of hydrogen-bond acceptors (Lipinski definition) is 2. The maximum Gasteiger partial charge on any atom is 0.251 e. The van der Waals surface area contributed by atoms with Crippen LogP contribution >= 0.6 is 35.6 Å². The highest BCUT2D eigenvalue weighted by Gasteiger charge is 2.44. The smallest absolute Gasteiger partial charge is 0.251 e. The Morgan fingerprint density at radius 1 is 1.14 bits per heavy atom. The number of benzene rings is 2. The second-order valence-electron chi connectivity index (χ2n) is 6.85. The van der Waals surface area contributed by atoms with Crippen LogP contribution in [0.3, 0.4) is 0 Å². The lowest BCUT2D eigenvalue weighted by molar-refractivity contribution is 0.0963. The second-order valence-corrected chi connectivity index (χ2v) is 7.29. The van der Waals surface area contributed by atoms with Crippen molar-refractivity contribution in [3.8, 4) is 0 Å². The quantitative estimate of drug-likeness (QED) is 0.314. The van der Waals surface area contributed by atoms with Gasteiger partial charge in [-0.3, -0.25) is 9.79 Å². The van der Waals surface area contributed by atoms with Gasteiger partial charge in [-0.2, -0.15) is 0 Å². The first-order valence-corrected chi connectivity index (χ1v) is 9.46. The summed E-state index contributed by atoms with van der Waals surface area (Å²) < 4.78 is 0. The van der Waals surface area contributed by atoms with E-state index in [0.29, 0.717) is 12.1 Å². The van der Waals surface area contributed by atoms with Crippen molar-refractivity contribution in [3.63, 3.8) is 0 Å². The number of halogens is 2. The highest BCUT2D eigenvalue weighted by Crippen LogP contribution is 2.48. The largest absolute Gasteiger partial charge is 0.356 e. The molecule has 0 radical (unpaired) electrons.